The second-order valence-corrected chi connectivity index (χ2v) is 10.0. The number of carbonyl (C=O) groups is 1. The van der Waals surface area contributed by atoms with E-state index < -0.39 is 0 Å². The van der Waals surface area contributed by atoms with Gasteiger partial charge in [0.2, 0.25) is 0 Å². The molecule has 0 aromatic heterocycles. The van der Waals surface area contributed by atoms with Crippen LogP contribution in [-0.4, -0.2) is 11.6 Å². The molecule has 132 valence electrons. The van der Waals surface area contributed by atoms with Gasteiger partial charge in [-0.15, -0.1) is 0 Å². The van der Waals surface area contributed by atoms with E-state index >= 15 is 0 Å². The van der Waals surface area contributed by atoms with Crippen molar-refractivity contribution >= 4 is 5.97 Å². The Hall–Kier alpha value is -0.530. The van der Waals surface area contributed by atoms with Crippen molar-refractivity contribution in [1.29, 1.82) is 0 Å². The van der Waals surface area contributed by atoms with Crippen molar-refractivity contribution in [2.45, 2.75) is 85.7 Å². The second-order valence-electron chi connectivity index (χ2n) is 10.0. The second kappa shape index (κ2) is 5.77. The first-order valence-electron chi connectivity index (χ1n) is 9.88. The molecule has 1 atom stereocenters. The summed E-state index contributed by atoms with van der Waals surface area (Å²) in [5.74, 6) is 3.94. The number of rotatable bonds is 5. The third-order valence-electron chi connectivity index (χ3n) is 7.64. The van der Waals surface area contributed by atoms with Crippen LogP contribution in [0.4, 0.5) is 0 Å². The van der Waals surface area contributed by atoms with Gasteiger partial charge in [0.05, 0.1) is 5.41 Å². The van der Waals surface area contributed by atoms with Gasteiger partial charge in [-0.3, -0.25) is 4.79 Å². The maximum absolute atomic E-state index is 13.2. The molecule has 0 aliphatic heterocycles. The van der Waals surface area contributed by atoms with E-state index in [1.54, 1.807) is 0 Å². The number of hydrogen-bond acceptors (Lipinski definition) is 2. The molecular weight excluding hydrogens is 284 g/mol. The van der Waals surface area contributed by atoms with E-state index in [0.29, 0.717) is 23.7 Å². The molecule has 0 saturated heterocycles. The summed E-state index contributed by atoms with van der Waals surface area (Å²) in [6.45, 7) is 13.1. The maximum atomic E-state index is 13.2. The van der Waals surface area contributed by atoms with Gasteiger partial charge >= 0.3 is 5.97 Å². The van der Waals surface area contributed by atoms with Crippen LogP contribution in [0, 0.1) is 40.9 Å². The van der Waals surface area contributed by atoms with Gasteiger partial charge in [-0.1, -0.05) is 27.7 Å². The highest BCUT2D eigenvalue weighted by atomic mass is 16.6. The van der Waals surface area contributed by atoms with Gasteiger partial charge in [-0.2, -0.15) is 0 Å². The van der Waals surface area contributed by atoms with E-state index in [2.05, 4.69) is 41.5 Å². The first-order chi connectivity index (χ1) is 10.6. The van der Waals surface area contributed by atoms with Crippen LogP contribution >= 0.6 is 0 Å². The zero-order valence-corrected chi connectivity index (χ0v) is 16.0. The van der Waals surface area contributed by atoms with E-state index in [4.69, 9.17) is 4.74 Å². The van der Waals surface area contributed by atoms with Gasteiger partial charge in [-0.05, 0) is 87.9 Å². The van der Waals surface area contributed by atoms with Crippen LogP contribution in [0.25, 0.3) is 0 Å². The molecule has 1 unspecified atom stereocenters. The van der Waals surface area contributed by atoms with Crippen LogP contribution in [0.5, 0.6) is 0 Å². The highest BCUT2D eigenvalue weighted by Crippen LogP contribution is 2.60. The molecule has 4 saturated carbocycles. The molecule has 0 aromatic rings. The van der Waals surface area contributed by atoms with E-state index in [9.17, 15) is 4.79 Å². The summed E-state index contributed by atoms with van der Waals surface area (Å²) in [5, 5.41) is 0. The van der Waals surface area contributed by atoms with Crippen LogP contribution in [0.15, 0.2) is 0 Å². The molecular formula is C21H36O2. The smallest absolute Gasteiger partial charge is 0.312 e. The predicted octanol–water partition coefficient (Wildman–Crippen LogP) is 5.45. The van der Waals surface area contributed by atoms with Crippen LogP contribution in [0.1, 0.15) is 80.1 Å². The van der Waals surface area contributed by atoms with Gasteiger partial charge in [0, 0.05) is 0 Å². The molecule has 0 N–H and O–H groups in total. The average Bonchev–Trinajstić information content (AvgIpc) is 2.43. The normalized spacial score (nSPS) is 41.4. The first kappa shape index (κ1) is 17.3. The summed E-state index contributed by atoms with van der Waals surface area (Å²) >= 11 is 0. The Kier molecular flexibility index (Phi) is 4.34. The SMILES string of the molecule is CC(C)CC(C)(C(=O)OC1(C)C2CC3CC(C2)CC1C3)C(C)C. The van der Waals surface area contributed by atoms with Crippen molar-refractivity contribution in [3.05, 3.63) is 0 Å². The summed E-state index contributed by atoms with van der Waals surface area (Å²) in [6.07, 6.45) is 7.52. The Bertz CT molecular complexity index is 436. The molecule has 4 bridgehead atoms. The fourth-order valence-electron chi connectivity index (χ4n) is 6.01. The van der Waals surface area contributed by atoms with E-state index in [-0.39, 0.29) is 17.0 Å². The van der Waals surface area contributed by atoms with Crippen molar-refractivity contribution < 1.29 is 9.53 Å². The van der Waals surface area contributed by atoms with Crippen molar-refractivity contribution in [3.8, 4) is 0 Å². The molecule has 0 amide bonds. The highest BCUT2D eigenvalue weighted by Gasteiger charge is 2.58. The topological polar surface area (TPSA) is 26.3 Å². The lowest BCUT2D eigenvalue weighted by atomic mass is 9.50. The Balaban J connectivity index is 1.78. The lowest BCUT2D eigenvalue weighted by molar-refractivity contribution is -0.214. The minimum Gasteiger partial charge on any atom is -0.458 e. The zero-order valence-electron chi connectivity index (χ0n) is 16.0. The summed E-state index contributed by atoms with van der Waals surface area (Å²) in [4.78, 5) is 13.2. The lowest BCUT2D eigenvalue weighted by Gasteiger charge is -2.59. The monoisotopic (exact) mass is 320 g/mol. The Labute approximate surface area is 142 Å². The molecule has 0 spiro atoms. The van der Waals surface area contributed by atoms with Gasteiger partial charge in [0.25, 0.3) is 0 Å². The van der Waals surface area contributed by atoms with Crippen molar-refractivity contribution in [2.24, 2.45) is 40.9 Å². The summed E-state index contributed by atoms with van der Waals surface area (Å²) in [6, 6.07) is 0. The van der Waals surface area contributed by atoms with E-state index in [1.165, 1.54) is 32.1 Å². The third-order valence-corrected chi connectivity index (χ3v) is 7.64. The molecule has 0 aromatic carbocycles. The number of ether oxygens (including phenoxy) is 1. The van der Waals surface area contributed by atoms with Gasteiger partial charge in [0.1, 0.15) is 5.60 Å². The fraction of sp³-hybridized carbons (Fsp3) is 0.952. The van der Waals surface area contributed by atoms with Crippen LogP contribution < -0.4 is 0 Å². The van der Waals surface area contributed by atoms with E-state index in [0.717, 1.165) is 18.3 Å². The Morgan fingerprint density at radius 2 is 1.52 bits per heavy atom. The molecule has 4 aliphatic carbocycles. The van der Waals surface area contributed by atoms with Crippen molar-refractivity contribution in [1.82, 2.24) is 0 Å². The molecule has 0 heterocycles. The minimum absolute atomic E-state index is 0.0659. The maximum Gasteiger partial charge on any atom is 0.312 e. The molecule has 2 heteroatoms. The number of esters is 1. The number of hydrogen-bond donors (Lipinski definition) is 0. The predicted molar refractivity (Wildman–Crippen MR) is 93.9 cm³/mol. The van der Waals surface area contributed by atoms with E-state index in [1.807, 2.05) is 0 Å². The molecule has 4 rings (SSSR count). The molecule has 2 nitrogen and oxygen atoms in total. The minimum atomic E-state index is -0.355. The van der Waals surface area contributed by atoms with Crippen molar-refractivity contribution in [3.63, 3.8) is 0 Å². The Morgan fingerprint density at radius 3 is 1.91 bits per heavy atom. The van der Waals surface area contributed by atoms with Crippen LogP contribution in [0.2, 0.25) is 0 Å². The van der Waals surface area contributed by atoms with Gasteiger partial charge in [0.15, 0.2) is 0 Å². The molecule has 23 heavy (non-hydrogen) atoms. The lowest BCUT2D eigenvalue weighted by Crippen LogP contribution is -2.59. The Morgan fingerprint density at radius 1 is 1.04 bits per heavy atom. The largest absolute Gasteiger partial charge is 0.458 e. The molecule has 0 radical (unpaired) electrons. The highest BCUT2D eigenvalue weighted by molar-refractivity contribution is 5.77. The molecule has 4 aliphatic rings. The first-order valence-corrected chi connectivity index (χ1v) is 9.88. The fourth-order valence-corrected chi connectivity index (χ4v) is 6.01. The van der Waals surface area contributed by atoms with Gasteiger partial charge < -0.3 is 4.74 Å². The van der Waals surface area contributed by atoms with Crippen LogP contribution in [0.3, 0.4) is 0 Å². The summed E-state index contributed by atoms with van der Waals surface area (Å²) in [5.41, 5.74) is -0.552. The standard InChI is InChI=1S/C21H36O2/c1-13(2)12-20(5,14(3)4)19(22)23-21(6)17-8-15-7-16(10-17)11-18(21)9-15/h13-18H,7-12H2,1-6H3. The van der Waals surface area contributed by atoms with Crippen molar-refractivity contribution in [2.75, 3.05) is 0 Å². The van der Waals surface area contributed by atoms with Gasteiger partial charge in [-0.25, -0.2) is 0 Å². The van der Waals surface area contributed by atoms with Crippen LogP contribution in [-0.2, 0) is 9.53 Å². The molecule has 4 fully saturated rings. The zero-order chi connectivity index (χ0) is 17.0. The third kappa shape index (κ3) is 2.85. The summed E-state index contributed by atoms with van der Waals surface area (Å²) < 4.78 is 6.40. The quantitative estimate of drug-likeness (QED) is 0.629. The number of carbonyl (C=O) groups excluding carboxylic acids is 1. The summed E-state index contributed by atoms with van der Waals surface area (Å²) in [7, 11) is 0. The average molecular weight is 321 g/mol.